The summed E-state index contributed by atoms with van der Waals surface area (Å²) in [5.74, 6) is 0.0678. The Morgan fingerprint density at radius 1 is 1.07 bits per heavy atom. The number of thiophene rings is 1. The van der Waals surface area contributed by atoms with Crippen molar-refractivity contribution in [1.29, 1.82) is 0 Å². The molecule has 0 bridgehead atoms. The van der Waals surface area contributed by atoms with Gasteiger partial charge in [-0.05, 0) is 45.2 Å². The molecule has 4 aromatic rings. The van der Waals surface area contributed by atoms with Gasteiger partial charge in [0.15, 0.2) is 0 Å². The first-order valence-electron chi connectivity index (χ1n) is 14.3. The number of likely N-dealkylation sites (N-methyl/N-ethyl adjacent to an activating group) is 1. The van der Waals surface area contributed by atoms with E-state index in [4.69, 9.17) is 21.4 Å². The van der Waals surface area contributed by atoms with Crippen LogP contribution >= 0.6 is 22.9 Å². The average molecular weight is 638 g/mol. The molecule has 1 N–H and O–H groups in total. The van der Waals surface area contributed by atoms with Gasteiger partial charge in [0.25, 0.3) is 11.5 Å². The number of nitrogens with zero attached hydrogens (tertiary/aromatic N) is 6. The van der Waals surface area contributed by atoms with Gasteiger partial charge in [0.05, 0.1) is 34.3 Å². The topological polar surface area (TPSA) is 115 Å². The van der Waals surface area contributed by atoms with Crippen LogP contribution in [0.2, 0.25) is 4.34 Å². The predicted molar refractivity (Wildman–Crippen MR) is 172 cm³/mol. The molecule has 1 aliphatic heterocycles. The first-order valence-corrected chi connectivity index (χ1v) is 15.5. The highest BCUT2D eigenvalue weighted by Gasteiger charge is 2.32. The molecule has 4 aromatic heterocycles. The molecule has 1 saturated heterocycles. The van der Waals surface area contributed by atoms with Crippen LogP contribution in [0.1, 0.15) is 23.5 Å². The lowest BCUT2D eigenvalue weighted by molar-refractivity contribution is -0.133. The average Bonchev–Trinajstić information content (AvgIpc) is 3.63. The Hall–Kier alpha value is -3.84. The van der Waals surface area contributed by atoms with E-state index in [2.05, 4.69) is 15.2 Å². The van der Waals surface area contributed by atoms with Gasteiger partial charge in [-0.2, -0.15) is 9.78 Å². The molecule has 5 rings (SSSR count). The van der Waals surface area contributed by atoms with Crippen molar-refractivity contribution < 1.29 is 14.3 Å². The second-order valence-electron chi connectivity index (χ2n) is 11.5. The van der Waals surface area contributed by atoms with Crippen molar-refractivity contribution in [3.8, 4) is 22.5 Å². The second-order valence-corrected chi connectivity index (χ2v) is 13.3. The van der Waals surface area contributed by atoms with Crippen LogP contribution in [0.25, 0.3) is 22.5 Å². The third-order valence-corrected chi connectivity index (χ3v) is 8.79. The summed E-state index contributed by atoms with van der Waals surface area (Å²) in [6.45, 7) is 6.93. The van der Waals surface area contributed by atoms with Crippen LogP contribution in [-0.4, -0.2) is 87.9 Å². The molecule has 232 valence electrons. The summed E-state index contributed by atoms with van der Waals surface area (Å²) < 4.78 is 8.73. The molecule has 11 nitrogen and oxygen atoms in total. The summed E-state index contributed by atoms with van der Waals surface area (Å²) in [4.78, 5) is 49.8. The van der Waals surface area contributed by atoms with Gasteiger partial charge in [-0.25, -0.2) is 0 Å². The Kier molecular flexibility index (Phi) is 9.64. The van der Waals surface area contributed by atoms with E-state index in [1.807, 2.05) is 31.3 Å². The highest BCUT2D eigenvalue weighted by Crippen LogP contribution is 2.32. The summed E-state index contributed by atoms with van der Waals surface area (Å²) in [6.07, 6.45) is 3.32. The smallest absolute Gasteiger partial charge is 0.256 e. The Morgan fingerprint density at radius 2 is 1.84 bits per heavy atom. The van der Waals surface area contributed by atoms with Gasteiger partial charge in [-0.3, -0.25) is 19.4 Å². The number of pyridine rings is 2. The molecule has 1 aliphatic rings. The van der Waals surface area contributed by atoms with Gasteiger partial charge >= 0.3 is 0 Å². The molecule has 0 aliphatic carbocycles. The van der Waals surface area contributed by atoms with E-state index in [-0.39, 0.29) is 30.5 Å². The normalized spacial score (nSPS) is 14.2. The summed E-state index contributed by atoms with van der Waals surface area (Å²) in [7, 11) is 3.57. The molecular weight excluding hydrogens is 602 g/mol. The number of piperazine rings is 1. The van der Waals surface area contributed by atoms with Crippen molar-refractivity contribution in [1.82, 2.24) is 29.1 Å². The quantitative estimate of drug-likeness (QED) is 0.275. The SMILES string of the molecule is COCC(C)(C)C(=O)n1nc(-c2cc(=O)n(CC(=O)N3CCN(C)CC3)cc2-c2ccccn2)cc1NCc1ccc(Cl)s1. The zero-order valence-corrected chi connectivity index (χ0v) is 26.8. The van der Waals surface area contributed by atoms with E-state index in [1.54, 1.807) is 50.4 Å². The van der Waals surface area contributed by atoms with Crippen LogP contribution in [-0.2, 0) is 22.6 Å². The standard InChI is InChI=1S/C31H36ClN7O4S/c1-31(2,20-43-4)30(42)39-27(34-17-21-8-9-26(32)44-21)16-25(35-39)22-15-28(40)38(18-23(22)24-7-5-6-10-33-24)19-29(41)37-13-11-36(3)12-14-37/h5-10,15-16,18,34H,11-14,17,19-20H2,1-4H3. The van der Waals surface area contributed by atoms with Crippen molar-refractivity contribution in [3.63, 3.8) is 0 Å². The van der Waals surface area contributed by atoms with E-state index in [9.17, 15) is 14.4 Å². The van der Waals surface area contributed by atoms with E-state index < -0.39 is 5.41 Å². The molecular formula is C31H36ClN7O4S. The van der Waals surface area contributed by atoms with Gasteiger partial charge in [0.1, 0.15) is 12.4 Å². The summed E-state index contributed by atoms with van der Waals surface area (Å²) >= 11 is 7.57. The summed E-state index contributed by atoms with van der Waals surface area (Å²) in [5.41, 5.74) is 0.889. The zero-order valence-electron chi connectivity index (χ0n) is 25.2. The van der Waals surface area contributed by atoms with Crippen molar-refractivity contribution >= 4 is 40.6 Å². The summed E-state index contributed by atoms with van der Waals surface area (Å²) in [5, 5.41) is 8.03. The van der Waals surface area contributed by atoms with Crippen molar-refractivity contribution in [2.75, 3.05) is 52.3 Å². The molecule has 0 unspecified atom stereocenters. The highest BCUT2D eigenvalue weighted by molar-refractivity contribution is 7.16. The lowest BCUT2D eigenvalue weighted by Crippen LogP contribution is -2.48. The van der Waals surface area contributed by atoms with Gasteiger partial charge in [-0.15, -0.1) is 11.3 Å². The Morgan fingerprint density at radius 3 is 2.50 bits per heavy atom. The van der Waals surface area contributed by atoms with Crippen LogP contribution in [0.4, 0.5) is 5.82 Å². The number of hydrogen-bond donors (Lipinski definition) is 1. The summed E-state index contributed by atoms with van der Waals surface area (Å²) in [6, 6.07) is 12.4. The number of rotatable bonds is 10. The van der Waals surface area contributed by atoms with Gasteiger partial charge < -0.3 is 24.4 Å². The number of anilines is 1. The maximum atomic E-state index is 13.7. The van der Waals surface area contributed by atoms with Crippen molar-refractivity contribution in [3.05, 3.63) is 74.4 Å². The zero-order chi connectivity index (χ0) is 31.4. The Balaban J connectivity index is 1.56. The molecule has 1 amide bonds. The van der Waals surface area contributed by atoms with Crippen molar-refractivity contribution in [2.24, 2.45) is 5.41 Å². The Bertz CT molecular complexity index is 1690. The van der Waals surface area contributed by atoms with E-state index in [0.29, 0.717) is 52.3 Å². The van der Waals surface area contributed by atoms with Crippen LogP contribution in [0.15, 0.2) is 59.7 Å². The first kappa shape index (κ1) is 31.6. The van der Waals surface area contributed by atoms with Gasteiger partial charge in [0, 0.05) is 73.8 Å². The van der Waals surface area contributed by atoms with Crippen LogP contribution < -0.4 is 10.9 Å². The number of amides is 1. The number of halogens is 1. The largest absolute Gasteiger partial charge is 0.384 e. The number of carbonyl (C=O) groups is 2. The number of hydrogen-bond acceptors (Lipinski definition) is 9. The number of aromatic nitrogens is 4. The van der Waals surface area contributed by atoms with Gasteiger partial charge in [0.2, 0.25) is 5.91 Å². The monoisotopic (exact) mass is 637 g/mol. The fourth-order valence-corrected chi connectivity index (χ4v) is 6.09. The van der Waals surface area contributed by atoms with Crippen LogP contribution in [0, 0.1) is 5.41 Å². The number of ether oxygens (including phenoxy) is 1. The minimum Gasteiger partial charge on any atom is -0.384 e. The van der Waals surface area contributed by atoms with Crippen molar-refractivity contribution in [2.45, 2.75) is 26.9 Å². The minimum absolute atomic E-state index is 0.0863. The fraction of sp³-hybridized carbons (Fsp3) is 0.387. The fourth-order valence-electron chi connectivity index (χ4n) is 5.06. The van der Waals surface area contributed by atoms with Crippen LogP contribution in [0.5, 0.6) is 0 Å². The third-order valence-electron chi connectivity index (χ3n) is 7.56. The molecule has 1 fully saturated rings. The molecule has 0 radical (unpaired) electrons. The lowest BCUT2D eigenvalue weighted by Gasteiger charge is -2.32. The van der Waals surface area contributed by atoms with Gasteiger partial charge in [-0.1, -0.05) is 17.7 Å². The molecule has 0 spiro atoms. The van der Waals surface area contributed by atoms with E-state index >= 15 is 0 Å². The maximum absolute atomic E-state index is 13.7. The Labute approximate surface area is 265 Å². The number of carbonyl (C=O) groups excluding carboxylic acids is 2. The lowest BCUT2D eigenvalue weighted by atomic mass is 9.94. The second kappa shape index (κ2) is 13.4. The van der Waals surface area contributed by atoms with Crippen LogP contribution in [0.3, 0.4) is 0 Å². The van der Waals surface area contributed by atoms with E-state index in [0.717, 1.165) is 18.0 Å². The predicted octanol–water partition coefficient (Wildman–Crippen LogP) is 4.19. The molecule has 5 heterocycles. The number of methoxy groups -OCH3 is 1. The number of nitrogens with one attached hydrogen (secondary N) is 1. The minimum atomic E-state index is -0.877. The third kappa shape index (κ3) is 7.10. The first-order chi connectivity index (χ1) is 21.1. The molecule has 44 heavy (non-hydrogen) atoms. The highest BCUT2D eigenvalue weighted by atomic mass is 35.5. The molecule has 0 saturated carbocycles. The molecule has 0 aromatic carbocycles. The maximum Gasteiger partial charge on any atom is 0.256 e. The molecule has 0 atom stereocenters. The van der Waals surface area contributed by atoms with E-state index in [1.165, 1.54) is 26.7 Å². The molecule has 13 heteroatoms.